The standard InChI is InChI=1S/C16H24N2O/c1-10(2)17-12-7-13-11(3)9-16(4,5)18-15(13)14(8-12)19-6/h7-8,10-11H,9H2,1-6H3. The first kappa shape index (κ1) is 14.0. The zero-order chi connectivity index (χ0) is 14.2. The Morgan fingerprint density at radius 2 is 2.05 bits per heavy atom. The fraction of sp³-hybridized carbons (Fsp3) is 0.625. The van der Waals surface area contributed by atoms with E-state index in [0.29, 0.717) is 5.92 Å². The molecule has 0 aromatic heterocycles. The lowest BCUT2D eigenvalue weighted by Crippen LogP contribution is -2.34. The normalized spacial score (nSPS) is 27.6. The van der Waals surface area contributed by atoms with Crippen LogP contribution in [0, 0.1) is 5.92 Å². The first-order valence-corrected chi connectivity index (χ1v) is 6.98. The molecule has 3 heteroatoms. The van der Waals surface area contributed by atoms with E-state index in [1.807, 2.05) is 6.08 Å². The molecule has 2 aliphatic rings. The van der Waals surface area contributed by atoms with E-state index < -0.39 is 0 Å². The molecule has 1 aliphatic heterocycles. The SMILES string of the molecule is COC1=CC(=NC(C)C)C=C2C1=NC(C)(C)CC2C. The molecule has 1 atom stereocenters. The van der Waals surface area contributed by atoms with Crippen LogP contribution in [0.1, 0.15) is 41.0 Å². The molecule has 2 rings (SSSR count). The Labute approximate surface area is 116 Å². The third-order valence-electron chi connectivity index (χ3n) is 3.47. The molecule has 0 aromatic carbocycles. The molecule has 1 unspecified atom stereocenters. The topological polar surface area (TPSA) is 34.0 Å². The van der Waals surface area contributed by atoms with Crippen LogP contribution in [0.4, 0.5) is 0 Å². The number of aliphatic imine (C=N–C) groups is 2. The minimum Gasteiger partial charge on any atom is -0.494 e. The van der Waals surface area contributed by atoms with Gasteiger partial charge in [0.15, 0.2) is 0 Å². The second-order valence-corrected chi connectivity index (χ2v) is 6.34. The maximum atomic E-state index is 5.52. The van der Waals surface area contributed by atoms with Crippen LogP contribution in [0.3, 0.4) is 0 Å². The van der Waals surface area contributed by atoms with Gasteiger partial charge in [0.05, 0.1) is 18.4 Å². The van der Waals surface area contributed by atoms with E-state index in [4.69, 9.17) is 9.73 Å². The molecule has 0 spiro atoms. The van der Waals surface area contributed by atoms with E-state index >= 15 is 0 Å². The van der Waals surface area contributed by atoms with Crippen LogP contribution < -0.4 is 0 Å². The molecule has 1 aliphatic carbocycles. The number of rotatable bonds is 2. The summed E-state index contributed by atoms with van der Waals surface area (Å²) in [6, 6.07) is 0.287. The first-order chi connectivity index (χ1) is 8.82. The number of methoxy groups -OCH3 is 1. The van der Waals surface area contributed by atoms with Gasteiger partial charge in [0.2, 0.25) is 0 Å². The van der Waals surface area contributed by atoms with Crippen molar-refractivity contribution in [2.24, 2.45) is 15.9 Å². The predicted octanol–water partition coefficient (Wildman–Crippen LogP) is 3.57. The van der Waals surface area contributed by atoms with Crippen LogP contribution in [-0.2, 0) is 4.74 Å². The summed E-state index contributed by atoms with van der Waals surface area (Å²) in [5, 5.41) is 0. The van der Waals surface area contributed by atoms with Crippen molar-refractivity contribution in [2.45, 2.75) is 52.6 Å². The Balaban J connectivity index is 2.50. The summed E-state index contributed by atoms with van der Waals surface area (Å²) < 4.78 is 5.52. The lowest BCUT2D eigenvalue weighted by molar-refractivity contribution is 0.309. The van der Waals surface area contributed by atoms with Gasteiger partial charge in [0, 0.05) is 12.1 Å². The minimum absolute atomic E-state index is 0.0175. The Morgan fingerprint density at radius 1 is 1.37 bits per heavy atom. The van der Waals surface area contributed by atoms with E-state index in [-0.39, 0.29) is 11.6 Å². The van der Waals surface area contributed by atoms with E-state index in [9.17, 15) is 0 Å². The molecule has 19 heavy (non-hydrogen) atoms. The Kier molecular flexibility index (Phi) is 3.66. The van der Waals surface area contributed by atoms with E-state index in [0.717, 1.165) is 23.6 Å². The zero-order valence-electron chi connectivity index (χ0n) is 12.8. The summed E-state index contributed by atoms with van der Waals surface area (Å²) in [5.41, 5.74) is 3.25. The summed E-state index contributed by atoms with van der Waals surface area (Å²) in [4.78, 5) is 9.48. The summed E-state index contributed by atoms with van der Waals surface area (Å²) in [5.74, 6) is 1.33. The Hall–Kier alpha value is -1.38. The largest absolute Gasteiger partial charge is 0.494 e. The maximum absolute atomic E-state index is 5.52. The zero-order valence-corrected chi connectivity index (χ0v) is 12.8. The molecule has 0 amide bonds. The first-order valence-electron chi connectivity index (χ1n) is 6.98. The highest BCUT2D eigenvalue weighted by Gasteiger charge is 2.34. The van der Waals surface area contributed by atoms with Crippen molar-refractivity contribution in [1.29, 1.82) is 0 Å². The summed E-state index contributed by atoms with van der Waals surface area (Å²) in [6.07, 6.45) is 5.23. The Morgan fingerprint density at radius 3 is 2.63 bits per heavy atom. The van der Waals surface area contributed by atoms with Gasteiger partial charge in [-0.2, -0.15) is 0 Å². The highest BCUT2D eigenvalue weighted by atomic mass is 16.5. The highest BCUT2D eigenvalue weighted by Crippen LogP contribution is 2.36. The maximum Gasteiger partial charge on any atom is 0.146 e. The molecule has 0 aromatic rings. The molecule has 0 bridgehead atoms. The summed E-state index contributed by atoms with van der Waals surface area (Å²) >= 11 is 0. The molecule has 0 radical (unpaired) electrons. The van der Waals surface area contributed by atoms with Crippen LogP contribution in [0.2, 0.25) is 0 Å². The monoisotopic (exact) mass is 260 g/mol. The average Bonchev–Trinajstić information content (AvgIpc) is 2.27. The van der Waals surface area contributed by atoms with Crippen LogP contribution in [0.25, 0.3) is 0 Å². The fourth-order valence-electron chi connectivity index (χ4n) is 2.85. The molecule has 3 nitrogen and oxygen atoms in total. The van der Waals surface area contributed by atoms with Crippen molar-refractivity contribution in [3.05, 3.63) is 23.5 Å². The van der Waals surface area contributed by atoms with Gasteiger partial charge in [-0.15, -0.1) is 0 Å². The molecule has 1 heterocycles. The molecular formula is C16H24N2O. The van der Waals surface area contributed by atoms with Gasteiger partial charge < -0.3 is 4.74 Å². The van der Waals surface area contributed by atoms with Crippen LogP contribution in [0.5, 0.6) is 0 Å². The molecular weight excluding hydrogens is 236 g/mol. The van der Waals surface area contributed by atoms with Gasteiger partial charge in [-0.25, -0.2) is 0 Å². The highest BCUT2D eigenvalue weighted by molar-refractivity contribution is 6.23. The van der Waals surface area contributed by atoms with Crippen LogP contribution >= 0.6 is 0 Å². The van der Waals surface area contributed by atoms with Gasteiger partial charge in [-0.05, 0) is 51.7 Å². The van der Waals surface area contributed by atoms with E-state index in [2.05, 4.69) is 45.7 Å². The van der Waals surface area contributed by atoms with Crippen molar-refractivity contribution >= 4 is 11.4 Å². The quantitative estimate of drug-likeness (QED) is 0.699. The predicted molar refractivity (Wildman–Crippen MR) is 81.0 cm³/mol. The van der Waals surface area contributed by atoms with Gasteiger partial charge >= 0.3 is 0 Å². The number of fused-ring (bicyclic) bond motifs is 1. The van der Waals surface area contributed by atoms with Gasteiger partial charge in [0.25, 0.3) is 0 Å². The average molecular weight is 260 g/mol. The third-order valence-corrected chi connectivity index (χ3v) is 3.47. The second kappa shape index (κ2) is 4.95. The van der Waals surface area contributed by atoms with Gasteiger partial charge in [0.1, 0.15) is 11.5 Å². The van der Waals surface area contributed by atoms with Crippen molar-refractivity contribution in [2.75, 3.05) is 7.11 Å². The number of ether oxygens (including phenoxy) is 1. The Bertz CT molecular complexity index is 493. The van der Waals surface area contributed by atoms with Crippen molar-refractivity contribution in [3.8, 4) is 0 Å². The lowest BCUT2D eigenvalue weighted by atomic mass is 9.79. The second-order valence-electron chi connectivity index (χ2n) is 6.34. The number of hydrogen-bond donors (Lipinski definition) is 0. The van der Waals surface area contributed by atoms with Crippen LogP contribution in [0.15, 0.2) is 33.5 Å². The molecule has 104 valence electrons. The molecule has 0 saturated carbocycles. The van der Waals surface area contributed by atoms with Crippen molar-refractivity contribution in [1.82, 2.24) is 0 Å². The third kappa shape index (κ3) is 2.96. The lowest BCUT2D eigenvalue weighted by Gasteiger charge is -2.35. The van der Waals surface area contributed by atoms with Crippen LogP contribution in [-0.4, -0.2) is 30.1 Å². The van der Waals surface area contributed by atoms with E-state index in [1.165, 1.54) is 5.57 Å². The molecule has 0 saturated heterocycles. The smallest absolute Gasteiger partial charge is 0.146 e. The van der Waals surface area contributed by atoms with Crippen molar-refractivity contribution in [3.63, 3.8) is 0 Å². The summed E-state index contributed by atoms with van der Waals surface area (Å²) in [7, 11) is 1.70. The number of nitrogens with zero attached hydrogens (tertiary/aromatic N) is 2. The molecule has 0 N–H and O–H groups in total. The van der Waals surface area contributed by atoms with E-state index in [1.54, 1.807) is 7.11 Å². The molecule has 0 fully saturated rings. The van der Waals surface area contributed by atoms with Gasteiger partial charge in [-0.1, -0.05) is 6.92 Å². The van der Waals surface area contributed by atoms with Gasteiger partial charge in [-0.3, -0.25) is 9.98 Å². The minimum atomic E-state index is -0.0175. The van der Waals surface area contributed by atoms with Crippen molar-refractivity contribution < 1.29 is 4.74 Å². The number of hydrogen-bond acceptors (Lipinski definition) is 3. The number of allylic oxidation sites excluding steroid dienone is 3. The fourth-order valence-corrected chi connectivity index (χ4v) is 2.85. The summed E-state index contributed by atoms with van der Waals surface area (Å²) in [6.45, 7) is 10.8.